The first-order valence-corrected chi connectivity index (χ1v) is 7.26. The van der Waals surface area contributed by atoms with E-state index in [1.54, 1.807) is 12.1 Å². The molecule has 2 aromatic carbocycles. The van der Waals surface area contributed by atoms with E-state index in [2.05, 4.69) is 5.32 Å². The fourth-order valence-electron chi connectivity index (χ4n) is 2.77. The SMILES string of the molecule is CC1OCCC1CNC(=O)c1cc2ccccc2cc1O. The van der Waals surface area contributed by atoms with Crippen molar-refractivity contribution < 1.29 is 14.6 Å². The molecule has 0 saturated carbocycles. The van der Waals surface area contributed by atoms with Gasteiger partial charge in [-0.05, 0) is 36.2 Å². The van der Waals surface area contributed by atoms with Crippen LogP contribution in [0.4, 0.5) is 0 Å². The first-order chi connectivity index (χ1) is 10.1. The van der Waals surface area contributed by atoms with E-state index in [-0.39, 0.29) is 17.8 Å². The van der Waals surface area contributed by atoms with Gasteiger partial charge in [-0.15, -0.1) is 0 Å². The average molecular weight is 285 g/mol. The molecule has 4 nitrogen and oxygen atoms in total. The van der Waals surface area contributed by atoms with Crippen LogP contribution in [0.2, 0.25) is 0 Å². The first kappa shape index (κ1) is 13.9. The highest BCUT2D eigenvalue weighted by Crippen LogP contribution is 2.25. The molecule has 1 heterocycles. The van der Waals surface area contributed by atoms with Gasteiger partial charge in [0.25, 0.3) is 5.91 Å². The molecule has 3 rings (SSSR count). The number of aromatic hydroxyl groups is 1. The summed E-state index contributed by atoms with van der Waals surface area (Å²) in [6, 6.07) is 11.0. The van der Waals surface area contributed by atoms with Crippen LogP contribution < -0.4 is 5.32 Å². The van der Waals surface area contributed by atoms with Gasteiger partial charge in [0.2, 0.25) is 0 Å². The molecule has 1 aliphatic rings. The molecule has 4 heteroatoms. The normalized spacial score (nSPS) is 21.6. The number of ether oxygens (including phenoxy) is 1. The number of amides is 1. The lowest BCUT2D eigenvalue weighted by atomic mass is 10.0. The van der Waals surface area contributed by atoms with Crippen molar-refractivity contribution in [3.63, 3.8) is 0 Å². The number of hydrogen-bond acceptors (Lipinski definition) is 3. The fourth-order valence-corrected chi connectivity index (χ4v) is 2.77. The van der Waals surface area contributed by atoms with Crippen LogP contribution in [0.3, 0.4) is 0 Å². The monoisotopic (exact) mass is 285 g/mol. The number of carbonyl (C=O) groups is 1. The zero-order chi connectivity index (χ0) is 14.8. The molecule has 2 atom stereocenters. The van der Waals surface area contributed by atoms with E-state index in [0.717, 1.165) is 23.8 Å². The summed E-state index contributed by atoms with van der Waals surface area (Å²) in [5.41, 5.74) is 0.320. The third-order valence-corrected chi connectivity index (χ3v) is 4.17. The summed E-state index contributed by atoms with van der Waals surface area (Å²) in [5, 5.41) is 14.8. The van der Waals surface area contributed by atoms with Crippen molar-refractivity contribution in [2.45, 2.75) is 19.4 Å². The number of phenols is 1. The minimum atomic E-state index is -0.239. The second-order valence-electron chi connectivity index (χ2n) is 5.55. The van der Waals surface area contributed by atoms with Crippen molar-refractivity contribution in [1.29, 1.82) is 0 Å². The van der Waals surface area contributed by atoms with Gasteiger partial charge < -0.3 is 15.2 Å². The molecule has 2 aromatic rings. The lowest BCUT2D eigenvalue weighted by Crippen LogP contribution is -2.32. The van der Waals surface area contributed by atoms with E-state index >= 15 is 0 Å². The van der Waals surface area contributed by atoms with Crippen LogP contribution >= 0.6 is 0 Å². The minimum Gasteiger partial charge on any atom is -0.507 e. The zero-order valence-electron chi connectivity index (χ0n) is 12.0. The van der Waals surface area contributed by atoms with E-state index < -0.39 is 0 Å². The summed E-state index contributed by atoms with van der Waals surface area (Å²) in [6.07, 6.45) is 1.14. The molecule has 0 aliphatic carbocycles. The molecule has 110 valence electrons. The molecule has 0 radical (unpaired) electrons. The Balaban J connectivity index is 1.76. The van der Waals surface area contributed by atoms with Crippen molar-refractivity contribution in [2.75, 3.05) is 13.2 Å². The van der Waals surface area contributed by atoms with Gasteiger partial charge in [0.1, 0.15) is 5.75 Å². The van der Waals surface area contributed by atoms with Gasteiger partial charge in [-0.1, -0.05) is 24.3 Å². The largest absolute Gasteiger partial charge is 0.507 e. The summed E-state index contributed by atoms with van der Waals surface area (Å²) in [6.45, 7) is 3.35. The molecule has 0 bridgehead atoms. The Bertz CT molecular complexity index is 668. The Morgan fingerprint density at radius 3 is 2.71 bits per heavy atom. The van der Waals surface area contributed by atoms with Crippen LogP contribution in [-0.2, 0) is 4.74 Å². The molecule has 1 fully saturated rings. The molecule has 1 amide bonds. The smallest absolute Gasteiger partial charge is 0.255 e. The molecule has 2 unspecified atom stereocenters. The second kappa shape index (κ2) is 5.74. The van der Waals surface area contributed by atoms with E-state index in [0.29, 0.717) is 18.0 Å². The second-order valence-corrected chi connectivity index (χ2v) is 5.55. The number of benzene rings is 2. The highest BCUT2D eigenvalue weighted by atomic mass is 16.5. The third kappa shape index (κ3) is 2.85. The predicted octanol–water partition coefficient (Wildman–Crippen LogP) is 2.70. The lowest BCUT2D eigenvalue weighted by Gasteiger charge is -2.15. The van der Waals surface area contributed by atoms with Gasteiger partial charge in [-0.2, -0.15) is 0 Å². The molecular weight excluding hydrogens is 266 g/mol. The number of rotatable bonds is 3. The predicted molar refractivity (Wildman–Crippen MR) is 81.5 cm³/mol. The summed E-state index contributed by atoms with van der Waals surface area (Å²) < 4.78 is 5.48. The van der Waals surface area contributed by atoms with Crippen LogP contribution in [0.1, 0.15) is 23.7 Å². The topological polar surface area (TPSA) is 58.6 Å². The van der Waals surface area contributed by atoms with E-state index in [1.807, 2.05) is 31.2 Å². The van der Waals surface area contributed by atoms with Crippen molar-refractivity contribution in [2.24, 2.45) is 5.92 Å². The van der Waals surface area contributed by atoms with Crippen LogP contribution in [0.25, 0.3) is 10.8 Å². The van der Waals surface area contributed by atoms with Crippen molar-refractivity contribution in [1.82, 2.24) is 5.32 Å². The molecule has 1 saturated heterocycles. The van der Waals surface area contributed by atoms with Crippen molar-refractivity contribution in [3.05, 3.63) is 42.0 Å². The molecular formula is C17H19NO3. The van der Waals surface area contributed by atoms with E-state index in [9.17, 15) is 9.90 Å². The summed E-state index contributed by atoms with van der Waals surface area (Å²) >= 11 is 0. The van der Waals surface area contributed by atoms with Crippen molar-refractivity contribution >= 4 is 16.7 Å². The number of hydrogen-bond donors (Lipinski definition) is 2. The zero-order valence-corrected chi connectivity index (χ0v) is 12.0. The van der Waals surface area contributed by atoms with E-state index in [1.165, 1.54) is 0 Å². The molecule has 21 heavy (non-hydrogen) atoms. The maximum atomic E-state index is 12.3. The maximum absolute atomic E-state index is 12.3. The lowest BCUT2D eigenvalue weighted by molar-refractivity contribution is 0.0905. The Hall–Kier alpha value is -2.07. The summed E-state index contributed by atoms with van der Waals surface area (Å²) in [7, 11) is 0. The summed E-state index contributed by atoms with van der Waals surface area (Å²) in [4.78, 5) is 12.3. The van der Waals surface area contributed by atoms with Gasteiger partial charge in [0.15, 0.2) is 0 Å². The maximum Gasteiger partial charge on any atom is 0.255 e. The van der Waals surface area contributed by atoms with Crippen LogP contribution in [0.5, 0.6) is 5.75 Å². The Morgan fingerprint density at radius 1 is 1.33 bits per heavy atom. The molecule has 2 N–H and O–H groups in total. The van der Waals surface area contributed by atoms with Crippen LogP contribution in [0, 0.1) is 5.92 Å². The quantitative estimate of drug-likeness (QED) is 0.911. The number of fused-ring (bicyclic) bond motifs is 1. The minimum absolute atomic E-state index is 0.0157. The van der Waals surface area contributed by atoms with Gasteiger partial charge in [-0.25, -0.2) is 0 Å². The van der Waals surface area contributed by atoms with Gasteiger partial charge in [0, 0.05) is 19.1 Å². The Kier molecular flexibility index (Phi) is 3.80. The first-order valence-electron chi connectivity index (χ1n) is 7.26. The van der Waals surface area contributed by atoms with Crippen LogP contribution in [0.15, 0.2) is 36.4 Å². The molecule has 1 aliphatic heterocycles. The third-order valence-electron chi connectivity index (χ3n) is 4.17. The Morgan fingerprint density at radius 2 is 2.05 bits per heavy atom. The average Bonchev–Trinajstić information content (AvgIpc) is 2.89. The van der Waals surface area contributed by atoms with Gasteiger partial charge >= 0.3 is 0 Å². The number of carbonyl (C=O) groups excluding carboxylic acids is 1. The number of phenolic OH excluding ortho intramolecular Hbond substituents is 1. The number of nitrogens with one attached hydrogen (secondary N) is 1. The fraction of sp³-hybridized carbons (Fsp3) is 0.353. The highest BCUT2D eigenvalue weighted by molar-refractivity contribution is 6.01. The Labute approximate surface area is 123 Å². The summed E-state index contributed by atoms with van der Waals surface area (Å²) in [5.74, 6) is 0.121. The van der Waals surface area contributed by atoms with E-state index in [4.69, 9.17) is 4.74 Å². The van der Waals surface area contributed by atoms with Crippen LogP contribution in [-0.4, -0.2) is 30.3 Å². The highest BCUT2D eigenvalue weighted by Gasteiger charge is 2.25. The van der Waals surface area contributed by atoms with Crippen molar-refractivity contribution in [3.8, 4) is 5.75 Å². The van der Waals surface area contributed by atoms with Gasteiger partial charge in [-0.3, -0.25) is 4.79 Å². The molecule has 0 aromatic heterocycles. The molecule has 0 spiro atoms. The van der Waals surface area contributed by atoms with Gasteiger partial charge in [0.05, 0.1) is 11.7 Å². The standard InChI is InChI=1S/C17H19NO3/c1-11-14(6-7-21-11)10-18-17(20)15-8-12-4-2-3-5-13(12)9-16(15)19/h2-5,8-9,11,14,19H,6-7,10H2,1H3,(H,18,20).